The molecule has 1 aliphatic heterocycles. The van der Waals surface area contributed by atoms with E-state index < -0.39 is 56.0 Å². The Hall–Kier alpha value is -3.38. The van der Waals surface area contributed by atoms with Gasteiger partial charge in [0.05, 0.1) is 24.3 Å². The predicted molar refractivity (Wildman–Crippen MR) is 171 cm³/mol. The molecule has 3 aromatic rings. The van der Waals surface area contributed by atoms with Crippen molar-refractivity contribution in [3.8, 4) is 0 Å². The summed E-state index contributed by atoms with van der Waals surface area (Å²) >= 11 is 5.53. The average molecular weight is 655 g/mol. The summed E-state index contributed by atoms with van der Waals surface area (Å²) in [4.78, 5) is 38.3. The number of ether oxygens (including phenoxy) is 6. The highest BCUT2D eigenvalue weighted by Gasteiger charge is 2.52. The van der Waals surface area contributed by atoms with E-state index in [0.717, 1.165) is 11.6 Å². The molecule has 1 saturated heterocycles. The smallest absolute Gasteiger partial charge is 0.338 e. The SMILES string of the molecule is C[Si](C)(C)CCO[C@@H]1O[C@H](COCC(=O)Cl)[C@H](OC(=O)c2ccccc2)[C@H](OCc2ccccc2)[C@H]1OC(=O)c1ccccc1. The van der Waals surface area contributed by atoms with Gasteiger partial charge in [0.25, 0.3) is 0 Å². The molecule has 0 saturated carbocycles. The predicted octanol–water partition coefficient (Wildman–Crippen LogP) is 5.88. The maximum atomic E-state index is 13.4. The second-order valence-electron chi connectivity index (χ2n) is 11.8. The first-order valence-electron chi connectivity index (χ1n) is 14.8. The zero-order chi connectivity index (χ0) is 32.2. The summed E-state index contributed by atoms with van der Waals surface area (Å²) in [5.74, 6) is -1.26. The zero-order valence-electron chi connectivity index (χ0n) is 25.6. The van der Waals surface area contributed by atoms with Gasteiger partial charge in [-0.3, -0.25) is 4.79 Å². The van der Waals surface area contributed by atoms with Crippen LogP contribution in [0, 0.1) is 0 Å². The van der Waals surface area contributed by atoms with Gasteiger partial charge in [-0.25, -0.2) is 9.59 Å². The van der Waals surface area contributed by atoms with Crippen molar-refractivity contribution in [1.29, 1.82) is 0 Å². The quantitative estimate of drug-likeness (QED) is 0.113. The van der Waals surface area contributed by atoms with Crippen LogP contribution in [-0.2, 0) is 39.8 Å². The summed E-state index contributed by atoms with van der Waals surface area (Å²) in [7, 11) is -1.51. The molecular formula is C34H39ClO9Si. The average Bonchev–Trinajstić information content (AvgIpc) is 3.02. The van der Waals surface area contributed by atoms with Crippen molar-refractivity contribution >= 4 is 36.9 Å². The normalized spacial score (nSPS) is 21.6. The van der Waals surface area contributed by atoms with E-state index in [9.17, 15) is 14.4 Å². The third kappa shape index (κ3) is 10.9. The van der Waals surface area contributed by atoms with Crippen LogP contribution in [0.1, 0.15) is 26.3 Å². The fraction of sp³-hybridized carbons (Fsp3) is 0.382. The van der Waals surface area contributed by atoms with Gasteiger partial charge in [0.15, 0.2) is 18.5 Å². The van der Waals surface area contributed by atoms with Crippen LogP contribution < -0.4 is 0 Å². The molecular weight excluding hydrogens is 616 g/mol. The van der Waals surface area contributed by atoms with Crippen LogP contribution in [-0.4, -0.2) is 75.8 Å². The molecule has 0 N–H and O–H groups in total. The van der Waals surface area contributed by atoms with Gasteiger partial charge in [-0.1, -0.05) is 86.4 Å². The minimum atomic E-state index is -1.51. The van der Waals surface area contributed by atoms with Crippen molar-refractivity contribution < 1.29 is 42.8 Å². The summed E-state index contributed by atoms with van der Waals surface area (Å²) in [5, 5.41) is -0.696. The fourth-order valence-electron chi connectivity index (χ4n) is 4.64. The summed E-state index contributed by atoms with van der Waals surface area (Å²) < 4.78 is 36.7. The minimum absolute atomic E-state index is 0.111. The Bertz CT molecular complexity index is 1370. The molecule has 9 nitrogen and oxygen atoms in total. The largest absolute Gasteiger partial charge is 0.453 e. The third-order valence-electron chi connectivity index (χ3n) is 7.01. The van der Waals surface area contributed by atoms with E-state index in [1.165, 1.54) is 0 Å². The van der Waals surface area contributed by atoms with Gasteiger partial charge in [-0.15, -0.1) is 0 Å². The van der Waals surface area contributed by atoms with Crippen LogP contribution in [0.2, 0.25) is 25.7 Å². The molecule has 0 spiro atoms. The van der Waals surface area contributed by atoms with E-state index >= 15 is 0 Å². The van der Waals surface area contributed by atoms with Gasteiger partial charge in [0, 0.05) is 14.7 Å². The monoisotopic (exact) mass is 654 g/mol. The molecule has 1 heterocycles. The molecule has 1 fully saturated rings. The first-order chi connectivity index (χ1) is 21.6. The van der Waals surface area contributed by atoms with Gasteiger partial charge >= 0.3 is 11.9 Å². The van der Waals surface area contributed by atoms with E-state index in [2.05, 4.69) is 19.6 Å². The standard InChI is InChI=1S/C34H39ClO9Si/c1-45(2,3)20-19-40-34-31(44-33(38)26-17-11-6-12-18-26)30(41-21-24-13-7-4-8-14-24)29(27(42-34)22-39-23-28(35)36)43-32(37)25-15-9-5-10-16-25/h4-18,27,29-31,34H,19-23H2,1-3H3/t27-,29+,30+,31-,34-/m1/s1. The lowest BCUT2D eigenvalue weighted by atomic mass is 9.97. The van der Waals surface area contributed by atoms with E-state index in [-0.39, 0.29) is 19.8 Å². The van der Waals surface area contributed by atoms with Crippen molar-refractivity contribution in [1.82, 2.24) is 0 Å². The minimum Gasteiger partial charge on any atom is -0.453 e. The zero-order valence-corrected chi connectivity index (χ0v) is 27.4. The number of carbonyl (C=O) groups is 3. The van der Waals surface area contributed by atoms with Crippen LogP contribution >= 0.6 is 11.6 Å². The number of carbonyl (C=O) groups excluding carboxylic acids is 3. The Balaban J connectivity index is 1.71. The molecule has 0 unspecified atom stereocenters. The van der Waals surface area contributed by atoms with Gasteiger partial charge in [-0.05, 0) is 47.5 Å². The van der Waals surface area contributed by atoms with Crippen LogP contribution in [0.25, 0.3) is 0 Å². The van der Waals surface area contributed by atoms with Crippen molar-refractivity contribution in [2.24, 2.45) is 0 Å². The topological polar surface area (TPSA) is 107 Å². The first kappa shape index (κ1) is 34.5. The number of esters is 2. The molecule has 1 aliphatic rings. The number of rotatable bonds is 15. The summed E-state index contributed by atoms with van der Waals surface area (Å²) in [6.45, 7) is 6.54. The number of hydrogen-bond acceptors (Lipinski definition) is 9. The molecule has 240 valence electrons. The van der Waals surface area contributed by atoms with Crippen molar-refractivity contribution in [3.63, 3.8) is 0 Å². The lowest BCUT2D eigenvalue weighted by Gasteiger charge is -2.45. The van der Waals surface area contributed by atoms with Gasteiger partial charge in [0.2, 0.25) is 5.24 Å². The summed E-state index contributed by atoms with van der Waals surface area (Å²) in [5.41, 5.74) is 1.48. The number of halogens is 1. The van der Waals surface area contributed by atoms with Crippen LogP contribution in [0.15, 0.2) is 91.0 Å². The van der Waals surface area contributed by atoms with E-state index in [0.29, 0.717) is 17.7 Å². The molecule has 45 heavy (non-hydrogen) atoms. The molecule has 5 atom stereocenters. The third-order valence-corrected chi connectivity index (χ3v) is 8.83. The molecule has 0 radical (unpaired) electrons. The lowest BCUT2D eigenvalue weighted by molar-refractivity contribution is -0.307. The molecule has 4 rings (SSSR count). The van der Waals surface area contributed by atoms with E-state index in [1.54, 1.807) is 60.7 Å². The fourth-order valence-corrected chi connectivity index (χ4v) is 5.45. The van der Waals surface area contributed by atoms with Gasteiger partial charge < -0.3 is 28.4 Å². The maximum absolute atomic E-state index is 13.4. The van der Waals surface area contributed by atoms with E-state index in [4.69, 9.17) is 40.0 Å². The van der Waals surface area contributed by atoms with Crippen LogP contribution in [0.4, 0.5) is 0 Å². The second kappa shape index (κ2) is 16.8. The van der Waals surface area contributed by atoms with Gasteiger partial charge in [-0.2, -0.15) is 0 Å². The highest BCUT2D eigenvalue weighted by molar-refractivity contribution is 6.76. The molecule has 0 aromatic heterocycles. The Labute approximate surface area is 269 Å². The summed E-state index contributed by atoms with van der Waals surface area (Å²) in [6.07, 6.45) is -5.36. The Morgan fingerprint density at radius 1 is 0.733 bits per heavy atom. The van der Waals surface area contributed by atoms with Crippen LogP contribution in [0.5, 0.6) is 0 Å². The molecule has 0 bridgehead atoms. The van der Waals surface area contributed by atoms with Crippen molar-refractivity contribution in [2.45, 2.75) is 63.0 Å². The first-order valence-corrected chi connectivity index (χ1v) is 18.9. The molecule has 3 aromatic carbocycles. The van der Waals surface area contributed by atoms with Crippen LogP contribution in [0.3, 0.4) is 0 Å². The highest BCUT2D eigenvalue weighted by Crippen LogP contribution is 2.32. The number of benzene rings is 3. The Morgan fingerprint density at radius 2 is 1.27 bits per heavy atom. The highest BCUT2D eigenvalue weighted by atomic mass is 35.5. The summed E-state index contributed by atoms with van der Waals surface area (Å²) in [6, 6.07) is 27.3. The lowest BCUT2D eigenvalue weighted by Crippen LogP contribution is -2.62. The Kier molecular flexibility index (Phi) is 12.9. The molecule has 0 amide bonds. The maximum Gasteiger partial charge on any atom is 0.338 e. The molecule has 0 aliphatic carbocycles. The van der Waals surface area contributed by atoms with Crippen molar-refractivity contribution in [3.05, 3.63) is 108 Å². The van der Waals surface area contributed by atoms with E-state index in [1.807, 2.05) is 30.3 Å². The van der Waals surface area contributed by atoms with Crippen molar-refractivity contribution in [2.75, 3.05) is 19.8 Å². The number of hydrogen-bond donors (Lipinski definition) is 0. The second-order valence-corrected chi connectivity index (χ2v) is 17.9. The molecule has 11 heteroatoms. The Morgan fingerprint density at radius 3 is 1.80 bits per heavy atom. The van der Waals surface area contributed by atoms with Gasteiger partial charge in [0.1, 0.15) is 18.8 Å².